The van der Waals surface area contributed by atoms with E-state index in [4.69, 9.17) is 0 Å². The van der Waals surface area contributed by atoms with Crippen LogP contribution in [0.2, 0.25) is 0 Å². The van der Waals surface area contributed by atoms with Gasteiger partial charge < -0.3 is 5.32 Å². The lowest BCUT2D eigenvalue weighted by atomic mass is 10.0. The number of rotatable bonds is 6. The van der Waals surface area contributed by atoms with Gasteiger partial charge in [0.25, 0.3) is 11.5 Å². The lowest BCUT2D eigenvalue weighted by molar-refractivity contribution is 0.0940. The highest BCUT2D eigenvalue weighted by Gasteiger charge is 2.28. The maximum Gasteiger partial charge on any atom is 0.274 e. The second-order valence-corrected chi connectivity index (χ2v) is 7.47. The number of aromatic nitrogens is 3. The van der Waals surface area contributed by atoms with Gasteiger partial charge in [-0.3, -0.25) is 19.4 Å². The Labute approximate surface area is 157 Å². The van der Waals surface area contributed by atoms with Crippen LogP contribution in [0.3, 0.4) is 0 Å². The Morgan fingerprint density at radius 3 is 2.78 bits per heavy atom. The second kappa shape index (κ2) is 7.02. The van der Waals surface area contributed by atoms with Crippen LogP contribution in [0.4, 0.5) is 0 Å². The summed E-state index contributed by atoms with van der Waals surface area (Å²) in [5.41, 5.74) is 2.85. The van der Waals surface area contributed by atoms with Gasteiger partial charge in [0.15, 0.2) is 5.65 Å². The molecule has 0 saturated heterocycles. The van der Waals surface area contributed by atoms with E-state index in [0.717, 1.165) is 31.4 Å². The zero-order valence-electron chi connectivity index (χ0n) is 15.7. The first-order valence-electron chi connectivity index (χ1n) is 9.47. The van der Waals surface area contributed by atoms with Crippen molar-refractivity contribution in [3.63, 3.8) is 0 Å². The largest absolute Gasteiger partial charge is 0.350 e. The Morgan fingerprint density at radius 1 is 1.33 bits per heavy atom. The zero-order chi connectivity index (χ0) is 19.0. The average molecular weight is 364 g/mol. The van der Waals surface area contributed by atoms with Crippen LogP contribution in [0, 0.1) is 0 Å². The number of aryl methyl sites for hydroxylation is 2. The third-order valence-electron chi connectivity index (χ3n) is 5.16. The molecule has 0 aliphatic heterocycles. The van der Waals surface area contributed by atoms with E-state index < -0.39 is 0 Å². The van der Waals surface area contributed by atoms with Crippen molar-refractivity contribution < 1.29 is 4.79 Å². The molecule has 1 saturated carbocycles. The summed E-state index contributed by atoms with van der Waals surface area (Å²) in [6.45, 7) is 2.00. The summed E-state index contributed by atoms with van der Waals surface area (Å²) in [4.78, 5) is 29.9. The molecule has 140 valence electrons. The Balaban J connectivity index is 1.55. The molecule has 1 atom stereocenters. The fraction of sp³-hybridized carbons (Fsp3) is 0.381. The SMILES string of the molecule is C[C@H](CCc1ccccc1)NC(=O)c1cc(C2CC2)nc2c1c(=O)[nH]n2C. The third-order valence-corrected chi connectivity index (χ3v) is 5.16. The summed E-state index contributed by atoms with van der Waals surface area (Å²) in [7, 11) is 1.75. The van der Waals surface area contributed by atoms with E-state index in [1.54, 1.807) is 17.8 Å². The smallest absolute Gasteiger partial charge is 0.274 e. The van der Waals surface area contributed by atoms with Crippen molar-refractivity contribution >= 4 is 16.9 Å². The van der Waals surface area contributed by atoms with Gasteiger partial charge in [-0.1, -0.05) is 30.3 Å². The van der Waals surface area contributed by atoms with Gasteiger partial charge in [0.1, 0.15) is 0 Å². The van der Waals surface area contributed by atoms with Gasteiger partial charge in [-0.25, -0.2) is 4.98 Å². The predicted octanol–water partition coefficient (Wildman–Crippen LogP) is 2.89. The highest BCUT2D eigenvalue weighted by molar-refractivity contribution is 6.05. The minimum absolute atomic E-state index is 0.00749. The number of benzene rings is 1. The number of carbonyl (C=O) groups excluding carboxylic acids is 1. The molecule has 1 fully saturated rings. The molecule has 1 aliphatic rings. The lowest BCUT2D eigenvalue weighted by Gasteiger charge is -2.15. The number of nitrogens with one attached hydrogen (secondary N) is 2. The summed E-state index contributed by atoms with van der Waals surface area (Å²) in [5.74, 6) is 0.197. The quantitative estimate of drug-likeness (QED) is 0.706. The molecule has 2 heterocycles. The number of hydrogen-bond donors (Lipinski definition) is 2. The van der Waals surface area contributed by atoms with Gasteiger partial charge in [0.2, 0.25) is 0 Å². The molecule has 0 radical (unpaired) electrons. The normalized spacial score (nSPS) is 15.0. The van der Waals surface area contributed by atoms with Crippen molar-refractivity contribution in [2.75, 3.05) is 0 Å². The van der Waals surface area contributed by atoms with Crippen LogP contribution in [0.1, 0.15) is 53.7 Å². The molecule has 0 unspecified atom stereocenters. The van der Waals surface area contributed by atoms with Gasteiger partial charge in [-0.05, 0) is 44.2 Å². The monoisotopic (exact) mass is 364 g/mol. The van der Waals surface area contributed by atoms with Crippen LogP contribution in [0.15, 0.2) is 41.2 Å². The molecule has 2 aromatic heterocycles. The molecular formula is C21H24N4O2. The number of pyridine rings is 1. The summed E-state index contributed by atoms with van der Waals surface area (Å²) in [6, 6.07) is 12.0. The number of aromatic amines is 1. The molecule has 0 bridgehead atoms. The van der Waals surface area contributed by atoms with E-state index in [1.807, 2.05) is 25.1 Å². The molecule has 1 amide bonds. The van der Waals surface area contributed by atoms with E-state index in [2.05, 4.69) is 27.5 Å². The lowest BCUT2D eigenvalue weighted by Crippen LogP contribution is -2.33. The van der Waals surface area contributed by atoms with Crippen LogP contribution in [-0.4, -0.2) is 26.7 Å². The number of fused-ring (bicyclic) bond motifs is 1. The maximum atomic E-state index is 12.9. The van der Waals surface area contributed by atoms with Gasteiger partial charge in [-0.2, -0.15) is 0 Å². The summed E-state index contributed by atoms with van der Waals surface area (Å²) in [6.07, 6.45) is 3.91. The molecule has 1 aromatic carbocycles. The Bertz CT molecular complexity index is 1030. The number of nitrogens with zero attached hydrogens (tertiary/aromatic N) is 2. The van der Waals surface area contributed by atoms with E-state index in [-0.39, 0.29) is 17.5 Å². The Kier molecular flexibility index (Phi) is 4.56. The summed E-state index contributed by atoms with van der Waals surface area (Å²) in [5, 5.41) is 6.14. The Morgan fingerprint density at radius 2 is 2.07 bits per heavy atom. The van der Waals surface area contributed by atoms with E-state index in [0.29, 0.717) is 22.5 Å². The molecule has 1 aliphatic carbocycles. The van der Waals surface area contributed by atoms with Gasteiger partial charge in [-0.15, -0.1) is 0 Å². The predicted molar refractivity (Wildman–Crippen MR) is 105 cm³/mol. The van der Waals surface area contributed by atoms with Gasteiger partial charge in [0, 0.05) is 24.7 Å². The van der Waals surface area contributed by atoms with E-state index in [1.165, 1.54) is 5.56 Å². The standard InChI is InChI=1S/C21H24N4O2/c1-13(8-9-14-6-4-3-5-7-14)22-20(26)16-12-17(15-10-11-15)23-19-18(16)21(27)24-25(19)2/h3-7,12-13,15H,8-11H2,1-2H3,(H,22,26)(H,24,27)/t13-/m1/s1. The number of carbonyl (C=O) groups is 1. The molecule has 0 spiro atoms. The summed E-state index contributed by atoms with van der Waals surface area (Å²) >= 11 is 0. The molecule has 27 heavy (non-hydrogen) atoms. The first kappa shape index (κ1) is 17.5. The van der Waals surface area contributed by atoms with Crippen molar-refractivity contribution in [2.45, 2.75) is 44.6 Å². The number of amides is 1. The number of hydrogen-bond acceptors (Lipinski definition) is 3. The highest BCUT2D eigenvalue weighted by Crippen LogP contribution is 2.39. The molecule has 6 nitrogen and oxygen atoms in total. The zero-order valence-corrected chi connectivity index (χ0v) is 15.7. The molecule has 3 aromatic rings. The third kappa shape index (κ3) is 3.65. The van der Waals surface area contributed by atoms with Crippen molar-refractivity contribution in [1.82, 2.24) is 20.1 Å². The van der Waals surface area contributed by atoms with E-state index in [9.17, 15) is 9.59 Å². The topological polar surface area (TPSA) is 79.8 Å². The second-order valence-electron chi connectivity index (χ2n) is 7.47. The van der Waals surface area contributed by atoms with Crippen LogP contribution >= 0.6 is 0 Å². The van der Waals surface area contributed by atoms with Crippen molar-refractivity contribution in [1.29, 1.82) is 0 Å². The molecule has 6 heteroatoms. The van der Waals surface area contributed by atoms with E-state index >= 15 is 0 Å². The maximum absolute atomic E-state index is 12.9. The van der Waals surface area contributed by atoms with Crippen molar-refractivity contribution in [3.8, 4) is 0 Å². The minimum atomic E-state index is -0.274. The summed E-state index contributed by atoms with van der Waals surface area (Å²) < 4.78 is 1.60. The van der Waals surface area contributed by atoms with Crippen LogP contribution in [0.5, 0.6) is 0 Å². The number of H-pyrrole nitrogens is 1. The van der Waals surface area contributed by atoms with Crippen molar-refractivity contribution in [3.05, 3.63) is 63.6 Å². The van der Waals surface area contributed by atoms with Gasteiger partial charge >= 0.3 is 0 Å². The van der Waals surface area contributed by atoms with Gasteiger partial charge in [0.05, 0.1) is 10.9 Å². The van der Waals surface area contributed by atoms with Crippen LogP contribution < -0.4 is 10.9 Å². The molecule has 2 N–H and O–H groups in total. The highest BCUT2D eigenvalue weighted by atomic mass is 16.2. The minimum Gasteiger partial charge on any atom is -0.350 e. The van der Waals surface area contributed by atoms with Crippen molar-refractivity contribution in [2.24, 2.45) is 7.05 Å². The first-order chi connectivity index (χ1) is 13.0. The Hall–Kier alpha value is -2.89. The fourth-order valence-electron chi connectivity index (χ4n) is 3.45. The van der Waals surface area contributed by atoms with Crippen LogP contribution in [0.25, 0.3) is 11.0 Å². The average Bonchev–Trinajstić information content (AvgIpc) is 3.47. The fourth-order valence-corrected chi connectivity index (χ4v) is 3.45. The molecule has 4 rings (SSSR count). The van der Waals surface area contributed by atoms with Crippen LogP contribution in [-0.2, 0) is 13.5 Å². The molecular weight excluding hydrogens is 340 g/mol. The first-order valence-corrected chi connectivity index (χ1v) is 9.47.